The Morgan fingerprint density at radius 1 is 1.37 bits per heavy atom. The Morgan fingerprint density at radius 2 is 2.16 bits per heavy atom. The first kappa shape index (κ1) is 12.1. The van der Waals surface area contributed by atoms with Crippen LogP contribution in [0.15, 0.2) is 18.2 Å². The lowest BCUT2D eigenvalue weighted by Gasteiger charge is -2.26. The van der Waals surface area contributed by atoms with Crippen molar-refractivity contribution in [2.45, 2.75) is 6.67 Å². The molecule has 5 nitrogen and oxygen atoms in total. The number of aromatic amines is 1. The maximum Gasteiger partial charge on any atom is 0.289 e. The third-order valence-electron chi connectivity index (χ3n) is 3.31. The maximum absolute atomic E-state index is 12.6. The van der Waals surface area contributed by atoms with Gasteiger partial charge in [0.25, 0.3) is 5.91 Å². The summed E-state index contributed by atoms with van der Waals surface area (Å²) in [6.07, 6.45) is 0. The Morgan fingerprint density at radius 3 is 2.89 bits per heavy atom. The highest BCUT2D eigenvalue weighted by Crippen LogP contribution is 2.15. The van der Waals surface area contributed by atoms with Gasteiger partial charge < -0.3 is 15.2 Å². The fourth-order valence-corrected chi connectivity index (χ4v) is 2.26. The van der Waals surface area contributed by atoms with E-state index in [4.69, 9.17) is 0 Å². The van der Waals surface area contributed by atoms with Gasteiger partial charge in [0.15, 0.2) is 5.82 Å². The second kappa shape index (κ2) is 4.97. The van der Waals surface area contributed by atoms with Gasteiger partial charge in [-0.05, 0) is 17.7 Å². The van der Waals surface area contributed by atoms with Gasteiger partial charge in [-0.2, -0.15) is 0 Å². The lowest BCUT2D eigenvalue weighted by atomic mass is 10.2. The van der Waals surface area contributed by atoms with Gasteiger partial charge in [0.1, 0.15) is 6.67 Å². The van der Waals surface area contributed by atoms with Crippen LogP contribution in [-0.4, -0.2) is 47.0 Å². The van der Waals surface area contributed by atoms with E-state index in [2.05, 4.69) is 15.3 Å². The van der Waals surface area contributed by atoms with Crippen LogP contribution in [-0.2, 0) is 6.67 Å². The highest BCUT2D eigenvalue weighted by molar-refractivity contribution is 5.94. The number of fused-ring (bicyclic) bond motifs is 1. The average Bonchev–Trinajstić information content (AvgIpc) is 2.90. The number of carbonyl (C=O) groups excluding carboxylic acids is 1. The number of nitrogens with zero attached hydrogens (tertiary/aromatic N) is 2. The van der Waals surface area contributed by atoms with Crippen molar-refractivity contribution in [1.82, 2.24) is 20.2 Å². The number of halogens is 1. The maximum atomic E-state index is 12.6. The van der Waals surface area contributed by atoms with Crippen molar-refractivity contribution in [2.24, 2.45) is 0 Å². The summed E-state index contributed by atoms with van der Waals surface area (Å²) < 4.78 is 12.6. The number of alkyl halides is 1. The Kier molecular flexibility index (Phi) is 3.16. The smallest absolute Gasteiger partial charge is 0.289 e. The summed E-state index contributed by atoms with van der Waals surface area (Å²) in [6, 6.07) is 5.11. The van der Waals surface area contributed by atoms with E-state index in [1.807, 2.05) is 0 Å². The van der Waals surface area contributed by atoms with Crippen LogP contribution in [0.4, 0.5) is 4.39 Å². The van der Waals surface area contributed by atoms with E-state index in [9.17, 15) is 9.18 Å². The molecule has 2 aromatic rings. The lowest BCUT2D eigenvalue weighted by Crippen LogP contribution is -2.46. The quantitative estimate of drug-likeness (QED) is 0.851. The minimum absolute atomic E-state index is 0.0977. The van der Waals surface area contributed by atoms with E-state index < -0.39 is 6.67 Å². The molecule has 1 fully saturated rings. The summed E-state index contributed by atoms with van der Waals surface area (Å²) in [5, 5.41) is 3.20. The van der Waals surface area contributed by atoms with Crippen LogP contribution in [0, 0.1) is 0 Å². The molecule has 0 bridgehead atoms. The van der Waals surface area contributed by atoms with Gasteiger partial charge in [-0.1, -0.05) is 6.07 Å². The van der Waals surface area contributed by atoms with Crippen LogP contribution in [0.2, 0.25) is 0 Å². The molecular formula is C13H15FN4O. The van der Waals surface area contributed by atoms with Crippen LogP contribution in [0.3, 0.4) is 0 Å². The van der Waals surface area contributed by atoms with Gasteiger partial charge in [0.05, 0.1) is 11.0 Å². The molecule has 0 spiro atoms. The molecule has 1 aliphatic heterocycles. The van der Waals surface area contributed by atoms with Crippen molar-refractivity contribution >= 4 is 16.9 Å². The Bertz CT molecular complexity index is 604. The molecule has 2 heterocycles. The van der Waals surface area contributed by atoms with Crippen LogP contribution >= 0.6 is 0 Å². The fourth-order valence-electron chi connectivity index (χ4n) is 2.26. The molecule has 3 rings (SSSR count). The standard InChI is InChI=1S/C13H15FN4O/c14-8-9-1-2-10-11(7-9)17-12(16-10)13(19)18-5-3-15-4-6-18/h1-2,7,15H,3-6,8H2,(H,16,17). The Balaban J connectivity index is 1.89. The summed E-state index contributed by atoms with van der Waals surface area (Å²) in [5.41, 5.74) is 1.97. The van der Waals surface area contributed by atoms with Gasteiger partial charge in [-0.15, -0.1) is 0 Å². The molecule has 1 aliphatic rings. The summed E-state index contributed by atoms with van der Waals surface area (Å²) >= 11 is 0. The first-order chi connectivity index (χ1) is 9.28. The minimum Gasteiger partial charge on any atom is -0.334 e. The van der Waals surface area contributed by atoms with Crippen LogP contribution < -0.4 is 5.32 Å². The number of rotatable bonds is 2. The third kappa shape index (κ3) is 2.31. The Labute approximate surface area is 109 Å². The average molecular weight is 262 g/mol. The normalized spacial score (nSPS) is 15.9. The molecule has 6 heteroatoms. The SMILES string of the molecule is O=C(c1nc2ccc(CF)cc2[nH]1)N1CCNCC1. The molecule has 1 aromatic heterocycles. The molecular weight excluding hydrogens is 247 g/mol. The predicted octanol–water partition coefficient (Wildman–Crippen LogP) is 1.08. The number of H-pyrrole nitrogens is 1. The van der Waals surface area contributed by atoms with Crippen molar-refractivity contribution < 1.29 is 9.18 Å². The van der Waals surface area contributed by atoms with Gasteiger partial charge in [-0.3, -0.25) is 4.79 Å². The van der Waals surface area contributed by atoms with E-state index >= 15 is 0 Å². The topological polar surface area (TPSA) is 61.0 Å². The van der Waals surface area contributed by atoms with Crippen molar-refractivity contribution in [1.29, 1.82) is 0 Å². The van der Waals surface area contributed by atoms with E-state index in [-0.39, 0.29) is 5.91 Å². The summed E-state index contributed by atoms with van der Waals surface area (Å²) in [7, 11) is 0. The van der Waals surface area contributed by atoms with Gasteiger partial charge in [0.2, 0.25) is 0 Å². The van der Waals surface area contributed by atoms with Crippen LogP contribution in [0.1, 0.15) is 16.2 Å². The van der Waals surface area contributed by atoms with Crippen molar-refractivity contribution in [3.8, 4) is 0 Å². The highest BCUT2D eigenvalue weighted by atomic mass is 19.1. The summed E-state index contributed by atoms with van der Waals surface area (Å²) in [4.78, 5) is 21.3. The molecule has 0 radical (unpaired) electrons. The molecule has 0 atom stereocenters. The molecule has 1 aromatic carbocycles. The first-order valence-electron chi connectivity index (χ1n) is 6.32. The predicted molar refractivity (Wildman–Crippen MR) is 69.7 cm³/mol. The minimum atomic E-state index is -0.518. The Hall–Kier alpha value is -1.95. The second-order valence-corrected chi connectivity index (χ2v) is 4.61. The molecule has 2 N–H and O–H groups in total. The number of amides is 1. The number of imidazole rings is 1. The number of aromatic nitrogens is 2. The largest absolute Gasteiger partial charge is 0.334 e. The van der Waals surface area contributed by atoms with E-state index in [0.717, 1.165) is 13.1 Å². The van der Waals surface area contributed by atoms with Crippen molar-refractivity contribution in [3.05, 3.63) is 29.6 Å². The molecule has 0 aliphatic carbocycles. The zero-order valence-corrected chi connectivity index (χ0v) is 10.4. The number of piperazine rings is 1. The summed E-state index contributed by atoms with van der Waals surface area (Å²) in [5.74, 6) is 0.229. The van der Waals surface area contributed by atoms with Gasteiger partial charge in [0, 0.05) is 26.2 Å². The summed E-state index contributed by atoms with van der Waals surface area (Å²) in [6.45, 7) is 2.46. The molecule has 100 valence electrons. The number of hydrogen-bond acceptors (Lipinski definition) is 3. The number of hydrogen-bond donors (Lipinski definition) is 2. The zero-order valence-electron chi connectivity index (χ0n) is 10.4. The fraction of sp³-hybridized carbons (Fsp3) is 0.385. The molecule has 1 amide bonds. The number of nitrogens with one attached hydrogen (secondary N) is 2. The van der Waals surface area contributed by atoms with E-state index in [1.165, 1.54) is 0 Å². The van der Waals surface area contributed by atoms with Crippen LogP contribution in [0.5, 0.6) is 0 Å². The lowest BCUT2D eigenvalue weighted by molar-refractivity contribution is 0.0725. The third-order valence-corrected chi connectivity index (χ3v) is 3.31. The first-order valence-corrected chi connectivity index (χ1v) is 6.32. The second-order valence-electron chi connectivity index (χ2n) is 4.61. The van der Waals surface area contributed by atoms with E-state index in [1.54, 1.807) is 23.1 Å². The van der Waals surface area contributed by atoms with E-state index in [0.29, 0.717) is 35.5 Å². The molecule has 0 saturated carbocycles. The van der Waals surface area contributed by atoms with Crippen LogP contribution in [0.25, 0.3) is 11.0 Å². The highest BCUT2D eigenvalue weighted by Gasteiger charge is 2.20. The van der Waals surface area contributed by atoms with Crippen molar-refractivity contribution in [3.63, 3.8) is 0 Å². The number of carbonyl (C=O) groups is 1. The van der Waals surface area contributed by atoms with Crippen molar-refractivity contribution in [2.75, 3.05) is 26.2 Å². The van der Waals surface area contributed by atoms with Gasteiger partial charge in [-0.25, -0.2) is 9.37 Å². The number of benzene rings is 1. The molecule has 1 saturated heterocycles. The monoisotopic (exact) mass is 262 g/mol. The van der Waals surface area contributed by atoms with Gasteiger partial charge >= 0.3 is 0 Å². The molecule has 0 unspecified atom stereocenters. The molecule has 19 heavy (non-hydrogen) atoms. The zero-order chi connectivity index (χ0) is 13.2.